The molecule has 0 amide bonds. The molecule has 1 aromatic carbocycles. The van der Waals surface area contributed by atoms with Crippen LogP contribution in [0.1, 0.15) is 11.3 Å². The number of rotatable bonds is 11. The number of nitrogens with zero attached hydrogens (tertiary/aromatic N) is 5. The molecule has 1 aliphatic heterocycles. The first-order chi connectivity index (χ1) is 15.7. The van der Waals surface area contributed by atoms with E-state index < -0.39 is 0 Å². The van der Waals surface area contributed by atoms with Gasteiger partial charge in [-0.1, -0.05) is 17.3 Å². The maximum absolute atomic E-state index is 5.93. The standard InChI is InChI=1S/C23H36N6O3/c1-24-23(29-10-8-28(9-11-29)19-21-7-14-32-26-21)25-18-20-5-4-6-22(17-20)31-16-13-27(2)12-15-30-3/h4-7,14,17H,8-13,15-16,18-19H2,1-3H3,(H,24,25). The Bertz CT molecular complexity index is 806. The largest absolute Gasteiger partial charge is 0.492 e. The number of aliphatic imine (C=N–C) groups is 1. The van der Waals surface area contributed by atoms with Gasteiger partial charge in [0, 0.05) is 72.6 Å². The van der Waals surface area contributed by atoms with E-state index in [0.29, 0.717) is 13.2 Å². The normalized spacial score (nSPS) is 15.4. The van der Waals surface area contributed by atoms with Crippen LogP contribution in [0.5, 0.6) is 5.75 Å². The zero-order valence-electron chi connectivity index (χ0n) is 19.5. The molecule has 1 N–H and O–H groups in total. The molecule has 0 atom stereocenters. The first kappa shape index (κ1) is 24.0. The molecule has 3 rings (SSSR count). The summed E-state index contributed by atoms with van der Waals surface area (Å²) in [7, 11) is 5.63. The summed E-state index contributed by atoms with van der Waals surface area (Å²) < 4.78 is 16.0. The number of hydrogen-bond donors (Lipinski definition) is 1. The highest BCUT2D eigenvalue weighted by Crippen LogP contribution is 2.14. The van der Waals surface area contributed by atoms with E-state index in [1.807, 2.05) is 25.2 Å². The maximum Gasteiger partial charge on any atom is 0.194 e. The van der Waals surface area contributed by atoms with E-state index in [0.717, 1.165) is 69.8 Å². The molecular formula is C23H36N6O3. The second kappa shape index (κ2) is 13.0. The van der Waals surface area contributed by atoms with E-state index in [1.54, 1.807) is 13.4 Å². The summed E-state index contributed by atoms with van der Waals surface area (Å²) in [6, 6.07) is 10.2. The zero-order valence-corrected chi connectivity index (χ0v) is 19.5. The van der Waals surface area contributed by atoms with Crippen molar-refractivity contribution in [3.63, 3.8) is 0 Å². The Morgan fingerprint density at radius 1 is 1.19 bits per heavy atom. The van der Waals surface area contributed by atoms with Gasteiger partial charge in [-0.25, -0.2) is 0 Å². The van der Waals surface area contributed by atoms with E-state index in [2.05, 4.69) is 49.3 Å². The second-order valence-electron chi connectivity index (χ2n) is 7.95. The Morgan fingerprint density at radius 2 is 2.00 bits per heavy atom. The van der Waals surface area contributed by atoms with E-state index >= 15 is 0 Å². The summed E-state index contributed by atoms with van der Waals surface area (Å²) >= 11 is 0. The molecule has 176 valence electrons. The number of likely N-dealkylation sites (N-methyl/N-ethyl adjacent to an activating group) is 1. The van der Waals surface area contributed by atoms with Gasteiger partial charge in [-0.05, 0) is 24.7 Å². The predicted molar refractivity (Wildman–Crippen MR) is 125 cm³/mol. The van der Waals surface area contributed by atoms with Gasteiger partial charge in [0.05, 0.1) is 12.3 Å². The molecule has 1 fully saturated rings. The van der Waals surface area contributed by atoms with Gasteiger partial charge in [-0.3, -0.25) is 9.89 Å². The predicted octanol–water partition coefficient (Wildman–Crippen LogP) is 1.52. The molecule has 0 saturated carbocycles. The number of hydrogen-bond acceptors (Lipinski definition) is 7. The van der Waals surface area contributed by atoms with E-state index in [1.165, 1.54) is 5.56 Å². The smallest absolute Gasteiger partial charge is 0.194 e. The van der Waals surface area contributed by atoms with Crippen LogP contribution in [0.25, 0.3) is 0 Å². The van der Waals surface area contributed by atoms with Gasteiger partial charge in [0.25, 0.3) is 0 Å². The maximum atomic E-state index is 5.93. The Balaban J connectivity index is 1.40. The van der Waals surface area contributed by atoms with Crippen molar-refractivity contribution in [2.45, 2.75) is 13.1 Å². The van der Waals surface area contributed by atoms with Crippen LogP contribution in [0, 0.1) is 0 Å². The molecule has 2 heterocycles. The minimum absolute atomic E-state index is 0.650. The molecule has 0 spiro atoms. The average Bonchev–Trinajstić information content (AvgIpc) is 3.32. The number of aromatic nitrogens is 1. The Kier molecular flexibility index (Phi) is 9.80. The molecule has 1 aliphatic rings. The third-order valence-corrected chi connectivity index (χ3v) is 5.53. The van der Waals surface area contributed by atoms with Crippen LogP contribution in [0.15, 0.2) is 46.1 Å². The van der Waals surface area contributed by atoms with Gasteiger partial charge in [-0.15, -0.1) is 0 Å². The van der Waals surface area contributed by atoms with Crippen LogP contribution in [0.4, 0.5) is 0 Å². The highest BCUT2D eigenvalue weighted by molar-refractivity contribution is 5.80. The zero-order chi connectivity index (χ0) is 22.6. The van der Waals surface area contributed by atoms with Crippen LogP contribution in [-0.2, 0) is 17.8 Å². The van der Waals surface area contributed by atoms with Gasteiger partial charge in [0.1, 0.15) is 18.6 Å². The fourth-order valence-electron chi connectivity index (χ4n) is 3.60. The molecule has 0 aliphatic carbocycles. The quantitative estimate of drug-likeness (QED) is 0.413. The Labute approximate surface area is 191 Å². The molecule has 9 nitrogen and oxygen atoms in total. The van der Waals surface area contributed by atoms with Crippen molar-refractivity contribution in [1.82, 2.24) is 25.2 Å². The van der Waals surface area contributed by atoms with E-state index in [9.17, 15) is 0 Å². The van der Waals surface area contributed by atoms with Gasteiger partial charge >= 0.3 is 0 Å². The minimum atomic E-state index is 0.650. The van der Waals surface area contributed by atoms with Crippen molar-refractivity contribution in [1.29, 1.82) is 0 Å². The highest BCUT2D eigenvalue weighted by atomic mass is 16.5. The third-order valence-electron chi connectivity index (χ3n) is 5.53. The first-order valence-electron chi connectivity index (χ1n) is 11.1. The molecule has 1 saturated heterocycles. The molecule has 0 radical (unpaired) electrons. The summed E-state index contributed by atoms with van der Waals surface area (Å²) in [4.78, 5) is 11.4. The summed E-state index contributed by atoms with van der Waals surface area (Å²) in [6.07, 6.45) is 1.62. The molecule has 32 heavy (non-hydrogen) atoms. The first-order valence-corrected chi connectivity index (χ1v) is 11.1. The van der Waals surface area contributed by atoms with Crippen LogP contribution in [-0.4, -0.2) is 99.5 Å². The van der Waals surface area contributed by atoms with E-state index in [4.69, 9.17) is 14.0 Å². The third kappa shape index (κ3) is 7.81. The lowest BCUT2D eigenvalue weighted by Crippen LogP contribution is -2.52. The van der Waals surface area contributed by atoms with E-state index in [-0.39, 0.29) is 0 Å². The lowest BCUT2D eigenvalue weighted by atomic mass is 10.2. The van der Waals surface area contributed by atoms with Crippen LogP contribution >= 0.6 is 0 Å². The summed E-state index contributed by atoms with van der Waals surface area (Å²) in [5, 5.41) is 7.50. The topological polar surface area (TPSA) is 78.6 Å². The SMILES string of the molecule is CN=C(NCc1cccc(OCCN(C)CCOC)c1)N1CCN(Cc2ccon2)CC1. The van der Waals surface area contributed by atoms with Crippen molar-refractivity contribution >= 4 is 5.96 Å². The highest BCUT2D eigenvalue weighted by Gasteiger charge is 2.20. The summed E-state index contributed by atoms with van der Waals surface area (Å²) in [5.74, 6) is 1.82. The number of benzene rings is 1. The van der Waals surface area contributed by atoms with Crippen LogP contribution < -0.4 is 10.1 Å². The molecule has 1 aromatic heterocycles. The monoisotopic (exact) mass is 444 g/mol. The minimum Gasteiger partial charge on any atom is -0.492 e. The van der Waals surface area contributed by atoms with Gasteiger partial charge < -0.3 is 29.1 Å². The van der Waals surface area contributed by atoms with Crippen molar-refractivity contribution in [3.8, 4) is 5.75 Å². The molecule has 0 unspecified atom stereocenters. The number of ether oxygens (including phenoxy) is 2. The molecule has 2 aromatic rings. The molecule has 9 heteroatoms. The fraction of sp³-hybridized carbons (Fsp3) is 0.565. The lowest BCUT2D eigenvalue weighted by molar-refractivity contribution is 0.150. The number of guanidine groups is 1. The number of nitrogens with one attached hydrogen (secondary N) is 1. The average molecular weight is 445 g/mol. The number of methoxy groups -OCH3 is 1. The number of piperazine rings is 1. The van der Waals surface area contributed by atoms with Gasteiger partial charge in [0.2, 0.25) is 0 Å². The van der Waals surface area contributed by atoms with Gasteiger partial charge in [-0.2, -0.15) is 0 Å². The Hall–Kier alpha value is -2.62. The Morgan fingerprint density at radius 3 is 2.72 bits per heavy atom. The fourth-order valence-corrected chi connectivity index (χ4v) is 3.60. The lowest BCUT2D eigenvalue weighted by Gasteiger charge is -2.36. The van der Waals surface area contributed by atoms with Crippen molar-refractivity contribution in [3.05, 3.63) is 47.9 Å². The summed E-state index contributed by atoms with van der Waals surface area (Å²) in [5.41, 5.74) is 2.14. The van der Waals surface area contributed by atoms with Gasteiger partial charge in [0.15, 0.2) is 5.96 Å². The second-order valence-corrected chi connectivity index (χ2v) is 7.95. The molecular weight excluding hydrogens is 408 g/mol. The van der Waals surface area contributed by atoms with Crippen molar-refractivity contribution in [2.75, 3.05) is 73.7 Å². The van der Waals surface area contributed by atoms with Crippen molar-refractivity contribution in [2.24, 2.45) is 4.99 Å². The molecule has 0 bridgehead atoms. The van der Waals surface area contributed by atoms with Crippen LogP contribution in [0.2, 0.25) is 0 Å². The van der Waals surface area contributed by atoms with Crippen molar-refractivity contribution < 1.29 is 14.0 Å². The van der Waals surface area contributed by atoms with Crippen LogP contribution in [0.3, 0.4) is 0 Å². The summed E-state index contributed by atoms with van der Waals surface area (Å²) in [6.45, 7) is 8.47.